The molecule has 1 fully saturated rings. The maximum Gasteiger partial charge on any atom is 0.224 e. The SMILES string of the molecule is CNCC1CCCN1C(=O)CC(C)S(=O)(=O)c1ccc(F)cc1.Cl. The summed E-state index contributed by atoms with van der Waals surface area (Å²) < 4.78 is 37.9. The third-order valence-corrected chi connectivity index (χ3v) is 6.43. The van der Waals surface area contributed by atoms with Gasteiger partial charge in [0.1, 0.15) is 5.82 Å². The summed E-state index contributed by atoms with van der Waals surface area (Å²) in [6.45, 7) is 2.92. The van der Waals surface area contributed by atoms with Crippen LogP contribution in [-0.2, 0) is 14.6 Å². The Morgan fingerprint density at radius 1 is 1.38 bits per heavy atom. The van der Waals surface area contributed by atoms with Crippen molar-refractivity contribution in [1.82, 2.24) is 10.2 Å². The van der Waals surface area contributed by atoms with E-state index in [-0.39, 0.29) is 35.7 Å². The molecule has 1 saturated heterocycles. The van der Waals surface area contributed by atoms with Crippen molar-refractivity contribution in [3.63, 3.8) is 0 Å². The Morgan fingerprint density at radius 3 is 2.58 bits per heavy atom. The number of halogens is 2. The minimum absolute atomic E-state index is 0. The lowest BCUT2D eigenvalue weighted by Gasteiger charge is -2.26. The van der Waals surface area contributed by atoms with Crippen LogP contribution in [0, 0.1) is 5.82 Å². The van der Waals surface area contributed by atoms with Crippen LogP contribution in [0.4, 0.5) is 4.39 Å². The van der Waals surface area contributed by atoms with Crippen LogP contribution in [0.5, 0.6) is 0 Å². The molecule has 1 N–H and O–H groups in total. The summed E-state index contributed by atoms with van der Waals surface area (Å²) >= 11 is 0. The molecule has 5 nitrogen and oxygen atoms in total. The summed E-state index contributed by atoms with van der Waals surface area (Å²) in [6, 6.07) is 4.85. The Labute approximate surface area is 148 Å². The number of hydrogen-bond acceptors (Lipinski definition) is 4. The molecule has 1 aromatic rings. The average molecular weight is 379 g/mol. The third-order valence-electron chi connectivity index (χ3n) is 4.27. The van der Waals surface area contributed by atoms with Gasteiger partial charge in [0.25, 0.3) is 0 Å². The molecule has 0 bridgehead atoms. The van der Waals surface area contributed by atoms with E-state index in [1.807, 2.05) is 7.05 Å². The van der Waals surface area contributed by atoms with Gasteiger partial charge in [-0.3, -0.25) is 4.79 Å². The fourth-order valence-corrected chi connectivity index (χ4v) is 4.28. The van der Waals surface area contributed by atoms with Crippen molar-refractivity contribution in [2.75, 3.05) is 20.1 Å². The molecule has 0 aliphatic carbocycles. The highest BCUT2D eigenvalue weighted by atomic mass is 35.5. The largest absolute Gasteiger partial charge is 0.338 e. The minimum atomic E-state index is -3.64. The summed E-state index contributed by atoms with van der Waals surface area (Å²) in [4.78, 5) is 14.3. The molecule has 0 saturated carbocycles. The van der Waals surface area contributed by atoms with Crippen molar-refractivity contribution in [3.05, 3.63) is 30.1 Å². The van der Waals surface area contributed by atoms with Crippen LogP contribution >= 0.6 is 12.4 Å². The molecule has 1 amide bonds. The Kier molecular flexibility index (Phi) is 7.63. The van der Waals surface area contributed by atoms with Gasteiger partial charge in [-0.1, -0.05) is 0 Å². The average Bonchev–Trinajstić information content (AvgIpc) is 2.96. The minimum Gasteiger partial charge on any atom is -0.338 e. The second kappa shape index (κ2) is 8.78. The maximum absolute atomic E-state index is 12.9. The first-order valence-electron chi connectivity index (χ1n) is 7.79. The Balaban J connectivity index is 0.00000288. The molecule has 136 valence electrons. The van der Waals surface area contributed by atoms with Crippen molar-refractivity contribution in [1.29, 1.82) is 0 Å². The highest BCUT2D eigenvalue weighted by molar-refractivity contribution is 7.92. The predicted octanol–water partition coefficient (Wildman–Crippen LogP) is 2.01. The van der Waals surface area contributed by atoms with Crippen LogP contribution in [0.1, 0.15) is 26.2 Å². The van der Waals surface area contributed by atoms with Gasteiger partial charge in [0.15, 0.2) is 9.84 Å². The van der Waals surface area contributed by atoms with Gasteiger partial charge in [-0.25, -0.2) is 12.8 Å². The topological polar surface area (TPSA) is 66.5 Å². The maximum atomic E-state index is 12.9. The number of rotatable bonds is 6. The highest BCUT2D eigenvalue weighted by Crippen LogP contribution is 2.22. The number of benzene rings is 1. The molecule has 1 aliphatic heterocycles. The highest BCUT2D eigenvalue weighted by Gasteiger charge is 2.32. The second-order valence-corrected chi connectivity index (χ2v) is 8.32. The van der Waals surface area contributed by atoms with E-state index >= 15 is 0 Å². The first-order valence-corrected chi connectivity index (χ1v) is 9.34. The van der Waals surface area contributed by atoms with Crippen molar-refractivity contribution >= 4 is 28.2 Å². The lowest BCUT2D eigenvalue weighted by Crippen LogP contribution is -2.42. The molecular formula is C16H24ClFN2O3S. The molecule has 1 aromatic carbocycles. The number of nitrogens with one attached hydrogen (secondary N) is 1. The zero-order valence-electron chi connectivity index (χ0n) is 13.9. The molecule has 0 aromatic heterocycles. The smallest absolute Gasteiger partial charge is 0.224 e. The van der Waals surface area contributed by atoms with Gasteiger partial charge in [-0.05, 0) is 51.1 Å². The number of nitrogens with zero attached hydrogens (tertiary/aromatic N) is 1. The molecular weight excluding hydrogens is 355 g/mol. The first kappa shape index (κ1) is 20.9. The van der Waals surface area contributed by atoms with Crippen molar-refractivity contribution in [3.8, 4) is 0 Å². The van der Waals surface area contributed by atoms with Gasteiger partial charge < -0.3 is 10.2 Å². The van der Waals surface area contributed by atoms with E-state index in [0.29, 0.717) is 13.1 Å². The van der Waals surface area contributed by atoms with Gasteiger partial charge >= 0.3 is 0 Å². The summed E-state index contributed by atoms with van der Waals surface area (Å²) in [5.74, 6) is -0.624. The molecule has 1 heterocycles. The number of hydrogen-bond donors (Lipinski definition) is 1. The van der Waals surface area contributed by atoms with E-state index in [2.05, 4.69) is 5.32 Å². The van der Waals surface area contributed by atoms with Crippen LogP contribution in [0.2, 0.25) is 0 Å². The molecule has 2 rings (SSSR count). The summed E-state index contributed by atoms with van der Waals surface area (Å²) in [5, 5.41) is 2.22. The van der Waals surface area contributed by atoms with E-state index in [0.717, 1.165) is 25.0 Å². The second-order valence-electron chi connectivity index (χ2n) is 5.95. The molecule has 8 heteroatoms. The zero-order valence-corrected chi connectivity index (χ0v) is 15.5. The number of likely N-dealkylation sites (tertiary alicyclic amines) is 1. The molecule has 2 atom stereocenters. The van der Waals surface area contributed by atoms with Crippen molar-refractivity contribution in [2.45, 2.75) is 42.4 Å². The van der Waals surface area contributed by atoms with E-state index in [4.69, 9.17) is 0 Å². The molecule has 1 aliphatic rings. The summed E-state index contributed by atoms with van der Waals surface area (Å²) in [7, 11) is -1.80. The zero-order chi connectivity index (χ0) is 17.0. The molecule has 0 radical (unpaired) electrons. The molecule has 2 unspecified atom stereocenters. The number of amides is 1. The normalized spacial score (nSPS) is 19.0. The van der Waals surface area contributed by atoms with Gasteiger partial charge in [0.2, 0.25) is 5.91 Å². The van der Waals surface area contributed by atoms with E-state index < -0.39 is 20.9 Å². The number of carbonyl (C=O) groups is 1. The third kappa shape index (κ3) is 4.68. The van der Waals surface area contributed by atoms with Crippen LogP contribution in [0.25, 0.3) is 0 Å². The molecule has 0 spiro atoms. The van der Waals surface area contributed by atoms with Crippen LogP contribution in [0.3, 0.4) is 0 Å². The van der Waals surface area contributed by atoms with E-state index in [1.165, 1.54) is 19.1 Å². The monoisotopic (exact) mass is 378 g/mol. The van der Waals surface area contributed by atoms with Gasteiger partial charge in [0.05, 0.1) is 10.1 Å². The Morgan fingerprint density at radius 2 is 2.00 bits per heavy atom. The van der Waals surface area contributed by atoms with Crippen LogP contribution in [0.15, 0.2) is 29.2 Å². The summed E-state index contributed by atoms with van der Waals surface area (Å²) in [5.41, 5.74) is 0. The summed E-state index contributed by atoms with van der Waals surface area (Å²) in [6.07, 6.45) is 1.82. The van der Waals surface area contributed by atoms with Gasteiger partial charge in [-0.15, -0.1) is 12.4 Å². The Bertz CT molecular complexity index is 652. The number of carbonyl (C=O) groups excluding carboxylic acids is 1. The number of sulfone groups is 1. The lowest BCUT2D eigenvalue weighted by atomic mass is 10.2. The standard InChI is InChI=1S/C16H23FN2O3S.ClH/c1-12(23(21,22)15-7-5-13(17)6-8-15)10-16(20)19-9-3-4-14(19)11-18-2;/h5-8,12,14,18H,3-4,9-11H2,1-2H3;1H. The molecule has 24 heavy (non-hydrogen) atoms. The fraction of sp³-hybridized carbons (Fsp3) is 0.562. The van der Waals surface area contributed by atoms with Crippen LogP contribution < -0.4 is 5.32 Å². The fourth-order valence-electron chi connectivity index (χ4n) is 2.94. The predicted molar refractivity (Wildman–Crippen MR) is 93.6 cm³/mol. The van der Waals surface area contributed by atoms with Gasteiger partial charge in [-0.2, -0.15) is 0 Å². The van der Waals surface area contributed by atoms with Crippen molar-refractivity contribution in [2.24, 2.45) is 0 Å². The first-order chi connectivity index (χ1) is 10.9. The van der Waals surface area contributed by atoms with E-state index in [9.17, 15) is 17.6 Å². The quantitative estimate of drug-likeness (QED) is 0.769. The lowest BCUT2D eigenvalue weighted by molar-refractivity contribution is -0.131. The van der Waals surface area contributed by atoms with Gasteiger partial charge in [0, 0.05) is 25.6 Å². The van der Waals surface area contributed by atoms with Crippen molar-refractivity contribution < 1.29 is 17.6 Å². The van der Waals surface area contributed by atoms with E-state index in [1.54, 1.807) is 4.90 Å². The van der Waals surface area contributed by atoms with Crippen LogP contribution in [-0.4, -0.2) is 50.7 Å². The Hall–Kier alpha value is -1.18. The number of likely N-dealkylation sites (N-methyl/N-ethyl adjacent to an activating group) is 1.